The number of allylic oxidation sites excluding steroid dienone is 10. The van der Waals surface area contributed by atoms with Crippen LogP contribution in [0.4, 0.5) is 0 Å². The van der Waals surface area contributed by atoms with E-state index in [1.54, 1.807) is 0 Å². The fourth-order valence-electron chi connectivity index (χ4n) is 6.80. The molecule has 0 heterocycles. The highest BCUT2D eigenvalue weighted by molar-refractivity contribution is 7.47. The maximum atomic E-state index is 12.7. The predicted molar refractivity (Wildman–Crippen MR) is 260 cm³/mol. The van der Waals surface area contributed by atoms with Crippen molar-refractivity contribution in [2.45, 2.75) is 232 Å². The summed E-state index contributed by atoms with van der Waals surface area (Å²) in [6, 6.07) is 0. The first-order valence-corrected chi connectivity index (χ1v) is 26.8. The van der Waals surface area contributed by atoms with E-state index in [0.717, 1.165) is 64.2 Å². The van der Waals surface area contributed by atoms with Crippen LogP contribution in [0, 0.1) is 0 Å². The topological polar surface area (TPSA) is 132 Å². The van der Waals surface area contributed by atoms with E-state index in [1.807, 2.05) is 0 Å². The van der Waals surface area contributed by atoms with Gasteiger partial charge >= 0.3 is 13.8 Å². The number of rotatable bonds is 48. The number of phosphoric acid groups is 1. The predicted octanol–water partition coefficient (Wildman–Crippen LogP) is 14.7. The van der Waals surface area contributed by atoms with E-state index in [2.05, 4.69) is 74.6 Å². The van der Waals surface area contributed by atoms with Crippen molar-refractivity contribution < 1.29 is 43.0 Å². The van der Waals surface area contributed by atoms with Crippen molar-refractivity contribution in [1.82, 2.24) is 0 Å². The van der Waals surface area contributed by atoms with E-state index < -0.39 is 39.2 Å². The summed E-state index contributed by atoms with van der Waals surface area (Å²) in [6.07, 6.45) is 57.5. The van der Waals surface area contributed by atoms with Crippen LogP contribution in [0.25, 0.3) is 0 Å². The van der Waals surface area contributed by atoms with Gasteiger partial charge < -0.3 is 24.6 Å². The molecule has 3 unspecified atom stereocenters. The molecule has 3 N–H and O–H groups in total. The number of carbonyl (C=O) groups excluding carboxylic acids is 1. The van der Waals surface area contributed by atoms with E-state index in [9.17, 15) is 19.4 Å². The number of hydrogen-bond donors (Lipinski definition) is 3. The fourth-order valence-corrected chi connectivity index (χ4v) is 7.59. The van der Waals surface area contributed by atoms with Crippen LogP contribution in [0.15, 0.2) is 60.8 Å². The van der Waals surface area contributed by atoms with Crippen LogP contribution < -0.4 is 0 Å². The SMILES string of the molecule is CCCCC/C=C\C/C=C\C/C=C\CCCCCCCCC(=O)OC(COCCCCCCCCCCCC/C=C\C/C=C\CCCCCCC)COP(=O)(O)OCC(O)CO. The molecular formula is C52H95O9P. The summed E-state index contributed by atoms with van der Waals surface area (Å²) in [5.74, 6) is -0.396. The Labute approximate surface area is 380 Å². The Balaban J connectivity index is 4.12. The quantitative estimate of drug-likeness (QED) is 0.0236. The lowest BCUT2D eigenvalue weighted by Gasteiger charge is -2.20. The third-order valence-electron chi connectivity index (χ3n) is 10.7. The van der Waals surface area contributed by atoms with Crippen LogP contribution in [-0.2, 0) is 27.9 Å². The van der Waals surface area contributed by atoms with Gasteiger partial charge in [-0.1, -0.05) is 190 Å². The third kappa shape index (κ3) is 47.6. The zero-order chi connectivity index (χ0) is 45.3. The van der Waals surface area contributed by atoms with Gasteiger partial charge in [-0.15, -0.1) is 0 Å². The molecule has 0 amide bonds. The van der Waals surface area contributed by atoms with Crippen LogP contribution in [0.3, 0.4) is 0 Å². The number of unbranched alkanes of at least 4 members (excludes halogenated alkanes) is 24. The molecular weight excluding hydrogens is 800 g/mol. The zero-order valence-electron chi connectivity index (χ0n) is 39.8. The van der Waals surface area contributed by atoms with Crippen molar-refractivity contribution in [2.24, 2.45) is 0 Å². The second-order valence-corrected chi connectivity index (χ2v) is 18.3. The summed E-state index contributed by atoms with van der Waals surface area (Å²) in [4.78, 5) is 22.7. The number of ether oxygens (including phenoxy) is 2. The molecule has 0 spiro atoms. The van der Waals surface area contributed by atoms with E-state index >= 15 is 0 Å². The minimum atomic E-state index is -4.53. The lowest BCUT2D eigenvalue weighted by molar-refractivity contribution is -0.154. The Kier molecular flexibility index (Phi) is 47.2. The number of carbonyl (C=O) groups is 1. The highest BCUT2D eigenvalue weighted by Gasteiger charge is 2.26. The average Bonchev–Trinajstić information content (AvgIpc) is 3.26. The van der Waals surface area contributed by atoms with Gasteiger partial charge in [0.25, 0.3) is 0 Å². The molecule has 0 saturated heterocycles. The summed E-state index contributed by atoms with van der Waals surface area (Å²) < 4.78 is 33.5. The van der Waals surface area contributed by atoms with E-state index in [1.165, 1.54) is 128 Å². The van der Waals surface area contributed by atoms with Crippen molar-refractivity contribution in [2.75, 3.05) is 33.0 Å². The zero-order valence-corrected chi connectivity index (χ0v) is 40.7. The van der Waals surface area contributed by atoms with Crippen molar-refractivity contribution in [1.29, 1.82) is 0 Å². The summed E-state index contributed by atoms with van der Waals surface area (Å²) in [5.41, 5.74) is 0. The highest BCUT2D eigenvalue weighted by atomic mass is 31.2. The molecule has 0 rings (SSSR count). The molecule has 0 bridgehead atoms. The van der Waals surface area contributed by atoms with E-state index in [0.29, 0.717) is 13.0 Å². The average molecular weight is 895 g/mol. The van der Waals surface area contributed by atoms with Crippen LogP contribution in [-0.4, -0.2) is 66.3 Å². The van der Waals surface area contributed by atoms with Crippen LogP contribution >= 0.6 is 7.82 Å². The van der Waals surface area contributed by atoms with Gasteiger partial charge in [0.2, 0.25) is 0 Å². The van der Waals surface area contributed by atoms with Gasteiger partial charge in [0, 0.05) is 13.0 Å². The summed E-state index contributed by atoms with van der Waals surface area (Å²) in [5, 5.41) is 18.4. The molecule has 3 atom stereocenters. The Morgan fingerprint density at radius 1 is 0.500 bits per heavy atom. The molecule has 0 fully saturated rings. The number of hydrogen-bond acceptors (Lipinski definition) is 8. The van der Waals surface area contributed by atoms with E-state index in [-0.39, 0.29) is 19.6 Å². The molecule has 9 nitrogen and oxygen atoms in total. The molecule has 0 aromatic rings. The third-order valence-corrected chi connectivity index (χ3v) is 11.6. The van der Waals surface area contributed by atoms with Crippen molar-refractivity contribution in [3.8, 4) is 0 Å². The first-order chi connectivity index (χ1) is 30.3. The molecule has 10 heteroatoms. The van der Waals surface area contributed by atoms with E-state index in [4.69, 9.17) is 23.6 Å². The molecule has 362 valence electrons. The van der Waals surface area contributed by atoms with Crippen molar-refractivity contribution in [3.63, 3.8) is 0 Å². The standard InChI is InChI=1S/C52H95O9P/c1-3-5-7-9-11-13-15-17-19-21-23-24-25-27-29-31-33-35-37-39-41-43-45-58-48-51(49-60-62(56,57)59-47-50(54)46-53)61-52(55)44-42-40-38-36-34-32-30-28-26-22-20-18-16-14-12-10-8-6-4-2/h12,14-15,17-18,20-21,23,26,28,50-51,53-54H,3-11,13,16,19,22,24-25,27,29-49H2,1-2H3,(H,56,57)/b14-12-,17-15-,20-18-,23-21-,28-26-. The number of aliphatic hydroxyl groups excluding tert-OH is 2. The maximum Gasteiger partial charge on any atom is 0.472 e. The molecule has 0 saturated carbocycles. The number of phosphoric ester groups is 1. The fraction of sp³-hybridized carbons (Fsp3) is 0.788. The normalized spacial score (nSPS) is 14.3. The first-order valence-electron chi connectivity index (χ1n) is 25.3. The number of esters is 1. The van der Waals surface area contributed by atoms with Crippen LogP contribution in [0.5, 0.6) is 0 Å². The van der Waals surface area contributed by atoms with Gasteiger partial charge in [0.05, 0.1) is 26.4 Å². The minimum Gasteiger partial charge on any atom is -0.457 e. The second kappa shape index (κ2) is 48.6. The van der Waals surface area contributed by atoms with Crippen molar-refractivity contribution >= 4 is 13.8 Å². The van der Waals surface area contributed by atoms with Gasteiger partial charge in [-0.2, -0.15) is 0 Å². The van der Waals surface area contributed by atoms with Crippen LogP contribution in [0.1, 0.15) is 219 Å². The summed E-state index contributed by atoms with van der Waals surface area (Å²) in [7, 11) is -4.53. The molecule has 0 radical (unpaired) electrons. The molecule has 0 aliphatic rings. The smallest absolute Gasteiger partial charge is 0.457 e. The van der Waals surface area contributed by atoms with Gasteiger partial charge in [-0.05, 0) is 83.5 Å². The largest absolute Gasteiger partial charge is 0.472 e. The lowest BCUT2D eigenvalue weighted by Crippen LogP contribution is -2.29. The van der Waals surface area contributed by atoms with Crippen LogP contribution in [0.2, 0.25) is 0 Å². The lowest BCUT2D eigenvalue weighted by atomic mass is 10.1. The minimum absolute atomic E-state index is 0.0400. The Morgan fingerprint density at radius 2 is 0.871 bits per heavy atom. The van der Waals surface area contributed by atoms with Gasteiger partial charge in [-0.25, -0.2) is 4.57 Å². The molecule has 0 aromatic carbocycles. The Bertz CT molecular complexity index is 1150. The first kappa shape index (κ1) is 60.2. The Morgan fingerprint density at radius 3 is 1.34 bits per heavy atom. The molecule has 62 heavy (non-hydrogen) atoms. The Hall–Kier alpha value is -1.84. The van der Waals surface area contributed by atoms with Gasteiger partial charge in [0.15, 0.2) is 0 Å². The molecule has 0 aliphatic carbocycles. The van der Waals surface area contributed by atoms with Gasteiger partial charge in [0.1, 0.15) is 12.2 Å². The molecule has 0 aliphatic heterocycles. The van der Waals surface area contributed by atoms with Crippen molar-refractivity contribution in [3.05, 3.63) is 60.8 Å². The highest BCUT2D eigenvalue weighted by Crippen LogP contribution is 2.43. The monoisotopic (exact) mass is 895 g/mol. The second-order valence-electron chi connectivity index (χ2n) is 16.8. The van der Waals surface area contributed by atoms with Gasteiger partial charge in [-0.3, -0.25) is 13.8 Å². The maximum absolute atomic E-state index is 12.7. The summed E-state index contributed by atoms with van der Waals surface area (Å²) >= 11 is 0. The molecule has 0 aromatic heterocycles. The number of aliphatic hydroxyl groups is 2. The summed E-state index contributed by atoms with van der Waals surface area (Å²) in [6.45, 7) is 3.47.